The Hall–Kier alpha value is -0.850. The van der Waals surface area contributed by atoms with Crippen molar-refractivity contribution in [3.63, 3.8) is 0 Å². The zero-order valence-corrected chi connectivity index (χ0v) is 9.96. The molecule has 1 rings (SSSR count). The minimum absolute atomic E-state index is 0.115. The second-order valence-corrected chi connectivity index (χ2v) is 4.63. The number of hydrogen-bond acceptors (Lipinski definition) is 0. The molecule has 1 unspecified atom stereocenters. The lowest BCUT2D eigenvalue weighted by molar-refractivity contribution is 0.490. The minimum Gasteiger partial charge on any atom is -0.207 e. The molecule has 0 saturated carbocycles. The number of hydrogen-bond donors (Lipinski definition) is 0. The lowest BCUT2D eigenvalue weighted by Crippen LogP contribution is -2.00. The fourth-order valence-electron chi connectivity index (χ4n) is 1.90. The molecule has 0 amide bonds. The van der Waals surface area contributed by atoms with E-state index in [1.807, 2.05) is 12.1 Å². The van der Waals surface area contributed by atoms with Crippen molar-refractivity contribution in [1.82, 2.24) is 0 Å². The first-order chi connectivity index (χ1) is 7.13. The van der Waals surface area contributed by atoms with Crippen molar-refractivity contribution < 1.29 is 4.39 Å². The molecule has 1 aromatic rings. The van der Waals surface area contributed by atoms with Crippen LogP contribution >= 0.6 is 0 Å². The van der Waals surface area contributed by atoms with Gasteiger partial charge in [-0.2, -0.15) is 0 Å². The van der Waals surface area contributed by atoms with Gasteiger partial charge in [-0.1, -0.05) is 39.3 Å². The van der Waals surface area contributed by atoms with Crippen molar-refractivity contribution in [1.29, 1.82) is 0 Å². The van der Waals surface area contributed by atoms with Gasteiger partial charge in [-0.05, 0) is 42.4 Å². The maximum atomic E-state index is 13.1. The zero-order valence-electron chi connectivity index (χ0n) is 9.96. The van der Waals surface area contributed by atoms with Gasteiger partial charge in [0.25, 0.3) is 0 Å². The SMILES string of the molecule is CCC(CCC(C)C)c1cccc(F)c1. The summed E-state index contributed by atoms with van der Waals surface area (Å²) >= 11 is 0. The molecule has 84 valence electrons. The first-order valence-corrected chi connectivity index (χ1v) is 5.89. The molecule has 0 bridgehead atoms. The lowest BCUT2D eigenvalue weighted by Gasteiger charge is -2.16. The van der Waals surface area contributed by atoms with E-state index in [-0.39, 0.29) is 5.82 Å². The van der Waals surface area contributed by atoms with Crippen LogP contribution in [0.15, 0.2) is 24.3 Å². The Kier molecular flexibility index (Phi) is 4.80. The van der Waals surface area contributed by atoms with Crippen LogP contribution in [0.25, 0.3) is 0 Å². The average Bonchev–Trinajstić information content (AvgIpc) is 2.18. The Balaban J connectivity index is 2.65. The molecule has 0 spiro atoms. The third kappa shape index (κ3) is 4.03. The summed E-state index contributed by atoms with van der Waals surface area (Å²) in [6.45, 7) is 6.65. The molecular weight excluding hydrogens is 187 g/mol. The predicted molar refractivity (Wildman–Crippen MR) is 63.5 cm³/mol. The Bertz CT molecular complexity index is 291. The van der Waals surface area contributed by atoms with Crippen LogP contribution in [0.4, 0.5) is 4.39 Å². The van der Waals surface area contributed by atoms with Gasteiger partial charge in [-0.25, -0.2) is 4.39 Å². The second kappa shape index (κ2) is 5.89. The third-order valence-corrected chi connectivity index (χ3v) is 2.91. The second-order valence-electron chi connectivity index (χ2n) is 4.63. The molecule has 0 heterocycles. The Labute approximate surface area is 92.5 Å². The van der Waals surface area contributed by atoms with Gasteiger partial charge in [0.15, 0.2) is 0 Å². The molecule has 0 nitrogen and oxygen atoms in total. The molecule has 1 heteroatoms. The molecule has 0 aliphatic rings. The Morgan fingerprint density at radius 1 is 1.20 bits per heavy atom. The Morgan fingerprint density at radius 3 is 2.47 bits per heavy atom. The van der Waals surface area contributed by atoms with E-state index in [2.05, 4.69) is 20.8 Å². The summed E-state index contributed by atoms with van der Waals surface area (Å²) in [5, 5.41) is 0. The maximum Gasteiger partial charge on any atom is 0.123 e. The topological polar surface area (TPSA) is 0 Å². The van der Waals surface area contributed by atoms with Gasteiger partial charge < -0.3 is 0 Å². The average molecular weight is 208 g/mol. The van der Waals surface area contributed by atoms with Crippen molar-refractivity contribution in [2.75, 3.05) is 0 Å². The highest BCUT2D eigenvalue weighted by molar-refractivity contribution is 5.20. The van der Waals surface area contributed by atoms with E-state index >= 15 is 0 Å². The van der Waals surface area contributed by atoms with Crippen LogP contribution in [0.2, 0.25) is 0 Å². The molecule has 15 heavy (non-hydrogen) atoms. The summed E-state index contributed by atoms with van der Waals surface area (Å²) < 4.78 is 13.1. The highest BCUT2D eigenvalue weighted by Crippen LogP contribution is 2.26. The molecule has 0 fully saturated rings. The highest BCUT2D eigenvalue weighted by Gasteiger charge is 2.10. The largest absolute Gasteiger partial charge is 0.207 e. The van der Waals surface area contributed by atoms with Gasteiger partial charge in [-0.3, -0.25) is 0 Å². The van der Waals surface area contributed by atoms with E-state index < -0.39 is 0 Å². The molecule has 0 aliphatic carbocycles. The van der Waals surface area contributed by atoms with Gasteiger partial charge in [-0.15, -0.1) is 0 Å². The molecule has 1 atom stereocenters. The van der Waals surface area contributed by atoms with Crippen molar-refractivity contribution in [2.24, 2.45) is 5.92 Å². The van der Waals surface area contributed by atoms with E-state index in [0.717, 1.165) is 24.3 Å². The van der Waals surface area contributed by atoms with Crippen LogP contribution in [0.5, 0.6) is 0 Å². The van der Waals surface area contributed by atoms with Crippen LogP contribution in [-0.4, -0.2) is 0 Å². The molecule has 0 aliphatic heterocycles. The van der Waals surface area contributed by atoms with Gasteiger partial charge in [0.1, 0.15) is 5.82 Å². The number of rotatable bonds is 5. The summed E-state index contributed by atoms with van der Waals surface area (Å²) in [5.41, 5.74) is 1.15. The van der Waals surface area contributed by atoms with E-state index in [9.17, 15) is 4.39 Å². The summed E-state index contributed by atoms with van der Waals surface area (Å²) in [5.74, 6) is 1.13. The molecule has 0 saturated heterocycles. The summed E-state index contributed by atoms with van der Waals surface area (Å²) in [6, 6.07) is 7.04. The van der Waals surface area contributed by atoms with E-state index in [1.54, 1.807) is 6.07 Å². The number of benzene rings is 1. The predicted octanol–water partition coefficient (Wildman–Crippen LogP) is 4.76. The van der Waals surface area contributed by atoms with Gasteiger partial charge >= 0.3 is 0 Å². The smallest absolute Gasteiger partial charge is 0.123 e. The lowest BCUT2D eigenvalue weighted by atomic mass is 9.89. The van der Waals surface area contributed by atoms with Crippen LogP contribution in [0.1, 0.15) is 51.5 Å². The molecule has 0 N–H and O–H groups in total. The maximum absolute atomic E-state index is 13.1. The van der Waals surface area contributed by atoms with Gasteiger partial charge in [0.05, 0.1) is 0 Å². The molecule has 0 radical (unpaired) electrons. The fourth-order valence-corrected chi connectivity index (χ4v) is 1.90. The summed E-state index contributed by atoms with van der Waals surface area (Å²) in [6.07, 6.45) is 3.48. The van der Waals surface area contributed by atoms with Gasteiger partial charge in [0.2, 0.25) is 0 Å². The first kappa shape index (κ1) is 12.2. The Morgan fingerprint density at radius 2 is 1.93 bits per heavy atom. The minimum atomic E-state index is -0.115. The van der Waals surface area contributed by atoms with Crippen LogP contribution < -0.4 is 0 Å². The van der Waals surface area contributed by atoms with Crippen LogP contribution in [0.3, 0.4) is 0 Å². The van der Waals surface area contributed by atoms with Crippen LogP contribution in [-0.2, 0) is 0 Å². The van der Waals surface area contributed by atoms with Gasteiger partial charge in [0, 0.05) is 0 Å². The quantitative estimate of drug-likeness (QED) is 0.654. The van der Waals surface area contributed by atoms with Crippen LogP contribution in [0, 0.1) is 11.7 Å². The van der Waals surface area contributed by atoms with Crippen molar-refractivity contribution >= 4 is 0 Å². The molecule has 0 aromatic heterocycles. The van der Waals surface area contributed by atoms with E-state index in [4.69, 9.17) is 0 Å². The third-order valence-electron chi connectivity index (χ3n) is 2.91. The van der Waals surface area contributed by atoms with E-state index in [0.29, 0.717) is 5.92 Å². The van der Waals surface area contributed by atoms with Crippen molar-refractivity contribution in [3.05, 3.63) is 35.6 Å². The number of halogens is 1. The monoisotopic (exact) mass is 208 g/mol. The zero-order chi connectivity index (χ0) is 11.3. The van der Waals surface area contributed by atoms with Crippen molar-refractivity contribution in [3.8, 4) is 0 Å². The highest BCUT2D eigenvalue weighted by atomic mass is 19.1. The fraction of sp³-hybridized carbons (Fsp3) is 0.571. The normalized spacial score (nSPS) is 13.1. The molecular formula is C14H21F. The standard InChI is InChI=1S/C14H21F/c1-4-12(9-8-11(2)3)13-6-5-7-14(15)10-13/h5-7,10-12H,4,8-9H2,1-3H3. The summed E-state index contributed by atoms with van der Waals surface area (Å²) in [4.78, 5) is 0. The summed E-state index contributed by atoms with van der Waals surface area (Å²) in [7, 11) is 0. The molecule has 1 aromatic carbocycles. The first-order valence-electron chi connectivity index (χ1n) is 5.89. The van der Waals surface area contributed by atoms with E-state index in [1.165, 1.54) is 12.5 Å². The van der Waals surface area contributed by atoms with Crippen molar-refractivity contribution in [2.45, 2.75) is 46.0 Å².